The van der Waals surface area contributed by atoms with Crippen molar-refractivity contribution in [1.82, 2.24) is 19.9 Å². The van der Waals surface area contributed by atoms with Gasteiger partial charge in [0, 0.05) is 6.54 Å². The molecule has 2 aromatic heterocycles. The molecule has 2 heterocycles. The summed E-state index contributed by atoms with van der Waals surface area (Å²) in [6.45, 7) is 6.46. The molecule has 0 amide bonds. The van der Waals surface area contributed by atoms with Crippen LogP contribution >= 0.6 is 0 Å². The minimum atomic E-state index is -0.742. The molecule has 2 N–H and O–H groups in total. The van der Waals surface area contributed by atoms with Crippen molar-refractivity contribution in [2.24, 2.45) is 0 Å². The van der Waals surface area contributed by atoms with Gasteiger partial charge in [-0.2, -0.15) is 9.97 Å². The minimum absolute atomic E-state index is 0.407. The molecule has 0 aliphatic carbocycles. The van der Waals surface area contributed by atoms with E-state index in [-0.39, 0.29) is 0 Å². The number of nitrogens with zero attached hydrogens (tertiary/aromatic N) is 3. The summed E-state index contributed by atoms with van der Waals surface area (Å²) in [6, 6.07) is 0. The molecule has 2 aromatic rings. The average molecular weight is 259 g/mol. The lowest BCUT2D eigenvalue weighted by Crippen LogP contribution is -2.26. The SMILES string of the molecule is C#CC(C)(C)Oc1nc(NCCC)nc2nc[nH]c12. The molecule has 0 fully saturated rings. The van der Waals surface area contributed by atoms with E-state index in [1.54, 1.807) is 20.2 Å². The van der Waals surface area contributed by atoms with Crippen LogP contribution < -0.4 is 10.1 Å². The van der Waals surface area contributed by atoms with Crippen LogP contribution in [0.1, 0.15) is 27.2 Å². The highest BCUT2D eigenvalue weighted by Gasteiger charge is 2.20. The molecule has 0 saturated carbocycles. The van der Waals surface area contributed by atoms with E-state index in [9.17, 15) is 0 Å². The molecule has 0 radical (unpaired) electrons. The van der Waals surface area contributed by atoms with Gasteiger partial charge >= 0.3 is 0 Å². The second-order valence-corrected chi connectivity index (χ2v) is 4.64. The number of imidazole rings is 1. The number of rotatable bonds is 5. The molecule has 100 valence electrons. The lowest BCUT2D eigenvalue weighted by molar-refractivity contribution is 0.167. The first kappa shape index (κ1) is 13.1. The number of aromatic amines is 1. The van der Waals surface area contributed by atoms with Gasteiger partial charge in [0.1, 0.15) is 5.52 Å². The van der Waals surface area contributed by atoms with Crippen LogP contribution in [-0.4, -0.2) is 32.1 Å². The molecule has 0 unspecified atom stereocenters. The molecule has 0 atom stereocenters. The molecule has 0 aliphatic heterocycles. The van der Waals surface area contributed by atoms with Gasteiger partial charge in [-0.25, -0.2) is 4.98 Å². The molecule has 19 heavy (non-hydrogen) atoms. The Kier molecular flexibility index (Phi) is 3.56. The molecule has 0 bridgehead atoms. The molecule has 6 heteroatoms. The predicted octanol–water partition coefficient (Wildman–Crippen LogP) is 1.97. The van der Waals surface area contributed by atoms with E-state index >= 15 is 0 Å². The summed E-state index contributed by atoms with van der Waals surface area (Å²) in [5.74, 6) is 3.47. The summed E-state index contributed by atoms with van der Waals surface area (Å²) in [7, 11) is 0. The zero-order valence-electron chi connectivity index (χ0n) is 11.3. The fourth-order valence-electron chi connectivity index (χ4n) is 1.47. The maximum Gasteiger partial charge on any atom is 0.246 e. The van der Waals surface area contributed by atoms with Crippen molar-refractivity contribution in [3.8, 4) is 18.2 Å². The second kappa shape index (κ2) is 5.14. The van der Waals surface area contributed by atoms with Crippen molar-refractivity contribution < 1.29 is 4.74 Å². The van der Waals surface area contributed by atoms with Crippen molar-refractivity contribution in [2.45, 2.75) is 32.8 Å². The van der Waals surface area contributed by atoms with E-state index in [2.05, 4.69) is 38.1 Å². The molecular weight excluding hydrogens is 242 g/mol. The number of ether oxygens (including phenoxy) is 1. The predicted molar refractivity (Wildman–Crippen MR) is 74.0 cm³/mol. The Morgan fingerprint density at radius 1 is 1.47 bits per heavy atom. The first-order valence-corrected chi connectivity index (χ1v) is 6.17. The zero-order valence-corrected chi connectivity index (χ0v) is 11.3. The minimum Gasteiger partial charge on any atom is -0.457 e. The summed E-state index contributed by atoms with van der Waals surface area (Å²) >= 11 is 0. The highest BCUT2D eigenvalue weighted by molar-refractivity contribution is 5.77. The van der Waals surface area contributed by atoms with Gasteiger partial charge in [-0.3, -0.25) is 0 Å². The number of H-pyrrole nitrogens is 1. The lowest BCUT2D eigenvalue weighted by atomic mass is 10.1. The number of terminal acetylenes is 1. The van der Waals surface area contributed by atoms with Crippen molar-refractivity contribution in [3.63, 3.8) is 0 Å². The van der Waals surface area contributed by atoms with Crippen molar-refractivity contribution in [1.29, 1.82) is 0 Å². The third-order valence-electron chi connectivity index (χ3n) is 2.48. The third kappa shape index (κ3) is 2.94. The van der Waals surface area contributed by atoms with Crippen molar-refractivity contribution in [3.05, 3.63) is 6.33 Å². The largest absolute Gasteiger partial charge is 0.457 e. The maximum atomic E-state index is 5.74. The topological polar surface area (TPSA) is 75.7 Å². The summed E-state index contributed by atoms with van der Waals surface area (Å²) in [5, 5.41) is 3.11. The summed E-state index contributed by atoms with van der Waals surface area (Å²) in [6.07, 6.45) is 7.97. The van der Waals surface area contributed by atoms with Crippen LogP contribution in [0.4, 0.5) is 5.95 Å². The van der Waals surface area contributed by atoms with E-state index in [0.717, 1.165) is 13.0 Å². The highest BCUT2D eigenvalue weighted by atomic mass is 16.5. The first-order chi connectivity index (χ1) is 9.05. The number of hydrogen-bond donors (Lipinski definition) is 2. The van der Waals surface area contributed by atoms with Crippen LogP contribution in [0.3, 0.4) is 0 Å². The fourth-order valence-corrected chi connectivity index (χ4v) is 1.47. The van der Waals surface area contributed by atoms with Gasteiger partial charge in [0.2, 0.25) is 11.8 Å². The van der Waals surface area contributed by atoms with Crippen molar-refractivity contribution in [2.75, 3.05) is 11.9 Å². The summed E-state index contributed by atoms with van der Waals surface area (Å²) in [5.41, 5.74) is 0.454. The Bertz CT molecular complexity index is 611. The highest BCUT2D eigenvalue weighted by Crippen LogP contribution is 2.24. The van der Waals surface area contributed by atoms with Crippen LogP contribution in [0.2, 0.25) is 0 Å². The molecule has 2 rings (SSSR count). The molecule has 0 saturated heterocycles. The molecular formula is C13H17N5O. The van der Waals surface area contributed by atoms with Gasteiger partial charge < -0.3 is 15.0 Å². The number of aromatic nitrogens is 4. The number of nitrogens with one attached hydrogen (secondary N) is 2. The van der Waals surface area contributed by atoms with Crippen LogP contribution in [0.15, 0.2) is 6.33 Å². The molecule has 0 spiro atoms. The summed E-state index contributed by atoms with van der Waals surface area (Å²) in [4.78, 5) is 15.7. The zero-order chi connectivity index (χ0) is 13.9. The molecule has 6 nitrogen and oxygen atoms in total. The van der Waals surface area contributed by atoms with E-state index in [1.807, 2.05) is 0 Å². The van der Waals surface area contributed by atoms with Crippen LogP contribution in [0, 0.1) is 12.3 Å². The van der Waals surface area contributed by atoms with Crippen molar-refractivity contribution >= 4 is 17.1 Å². The second-order valence-electron chi connectivity index (χ2n) is 4.64. The summed E-state index contributed by atoms with van der Waals surface area (Å²) < 4.78 is 5.74. The van der Waals surface area contributed by atoms with Gasteiger partial charge in [-0.15, -0.1) is 6.42 Å². The van der Waals surface area contributed by atoms with Crippen LogP contribution in [0.25, 0.3) is 11.2 Å². The Morgan fingerprint density at radius 3 is 2.95 bits per heavy atom. The van der Waals surface area contributed by atoms with E-state index in [4.69, 9.17) is 11.2 Å². The normalized spacial score (nSPS) is 11.3. The Hall–Kier alpha value is -2.29. The number of anilines is 1. The third-order valence-corrected chi connectivity index (χ3v) is 2.48. The Labute approximate surface area is 112 Å². The fraction of sp³-hybridized carbons (Fsp3) is 0.462. The quantitative estimate of drug-likeness (QED) is 0.803. The monoisotopic (exact) mass is 259 g/mol. The molecule has 0 aliphatic rings. The Morgan fingerprint density at radius 2 is 2.26 bits per heavy atom. The van der Waals surface area contributed by atoms with Gasteiger partial charge in [0.05, 0.1) is 6.33 Å². The number of fused-ring (bicyclic) bond motifs is 1. The van der Waals surface area contributed by atoms with E-state index in [1.165, 1.54) is 0 Å². The van der Waals surface area contributed by atoms with Gasteiger partial charge in [0.25, 0.3) is 0 Å². The van der Waals surface area contributed by atoms with Crippen LogP contribution in [-0.2, 0) is 0 Å². The van der Waals surface area contributed by atoms with Gasteiger partial charge in [-0.05, 0) is 20.3 Å². The maximum absolute atomic E-state index is 5.74. The van der Waals surface area contributed by atoms with E-state index < -0.39 is 5.60 Å². The van der Waals surface area contributed by atoms with Gasteiger partial charge in [-0.1, -0.05) is 12.8 Å². The standard InChI is InChI=1S/C13H17N5O/c1-5-7-14-12-17-10-9(15-8-16-10)11(18-12)19-13(3,4)6-2/h2,8H,5,7H2,1,3-4H3,(H2,14,15,16,17,18). The van der Waals surface area contributed by atoms with E-state index in [0.29, 0.717) is 23.0 Å². The smallest absolute Gasteiger partial charge is 0.246 e. The first-order valence-electron chi connectivity index (χ1n) is 6.17. The Balaban J connectivity index is 2.40. The lowest BCUT2D eigenvalue weighted by Gasteiger charge is -2.19. The van der Waals surface area contributed by atoms with Gasteiger partial charge in [0.15, 0.2) is 11.2 Å². The molecule has 0 aromatic carbocycles. The average Bonchev–Trinajstić information content (AvgIpc) is 2.84. The number of hydrogen-bond acceptors (Lipinski definition) is 5. The van der Waals surface area contributed by atoms with Crippen LogP contribution in [0.5, 0.6) is 5.88 Å².